The Morgan fingerprint density at radius 2 is 2.12 bits per heavy atom. The number of aromatic carboxylic acids is 1. The van der Waals surface area contributed by atoms with Crippen LogP contribution in [0, 0.1) is 13.8 Å². The van der Waals surface area contributed by atoms with Gasteiger partial charge in [-0.3, -0.25) is 4.68 Å². The van der Waals surface area contributed by atoms with Crippen molar-refractivity contribution in [3.63, 3.8) is 0 Å². The molecule has 0 saturated heterocycles. The zero-order valence-electron chi connectivity index (χ0n) is 14.7. The molecule has 0 radical (unpaired) electrons. The zero-order chi connectivity index (χ0) is 18.4. The topological polar surface area (TPSA) is 85.6 Å². The van der Waals surface area contributed by atoms with Gasteiger partial charge in [-0.1, -0.05) is 0 Å². The molecule has 26 heavy (non-hydrogen) atoms. The Balaban J connectivity index is 1.88. The molecule has 4 rings (SSSR count). The van der Waals surface area contributed by atoms with Crippen LogP contribution >= 0.6 is 0 Å². The van der Waals surface area contributed by atoms with Crippen molar-refractivity contribution in [2.24, 2.45) is 0 Å². The molecule has 0 amide bonds. The van der Waals surface area contributed by atoms with Gasteiger partial charge in [0.1, 0.15) is 12.0 Å². The van der Waals surface area contributed by atoms with Gasteiger partial charge >= 0.3 is 5.97 Å². The normalized spacial score (nSPS) is 11.3. The van der Waals surface area contributed by atoms with E-state index >= 15 is 0 Å². The quantitative estimate of drug-likeness (QED) is 0.605. The van der Waals surface area contributed by atoms with Crippen molar-refractivity contribution in [1.29, 1.82) is 0 Å². The summed E-state index contributed by atoms with van der Waals surface area (Å²) in [4.78, 5) is 11.1. The van der Waals surface area contributed by atoms with Crippen LogP contribution in [-0.4, -0.2) is 30.5 Å². The van der Waals surface area contributed by atoms with Crippen molar-refractivity contribution in [3.05, 3.63) is 53.8 Å². The zero-order valence-corrected chi connectivity index (χ0v) is 14.7. The van der Waals surface area contributed by atoms with E-state index in [-0.39, 0.29) is 5.56 Å². The van der Waals surface area contributed by atoms with Crippen molar-refractivity contribution in [3.8, 4) is 22.5 Å². The highest BCUT2D eigenvalue weighted by molar-refractivity contribution is 5.89. The molecule has 132 valence electrons. The Labute approximate surface area is 149 Å². The number of pyridine rings is 1. The van der Waals surface area contributed by atoms with Crippen molar-refractivity contribution in [2.45, 2.75) is 27.3 Å². The molecule has 0 aromatic carbocycles. The van der Waals surface area contributed by atoms with Crippen molar-refractivity contribution >= 4 is 11.5 Å². The van der Waals surface area contributed by atoms with Gasteiger partial charge in [-0.25, -0.2) is 9.31 Å². The maximum atomic E-state index is 11.1. The second-order valence-electron chi connectivity index (χ2n) is 6.17. The standard InChI is InChI=1S/C19H18N4O3/c1-4-22-12(3)18(11(2)21-22)15-9-20-23-6-5-13(7-16(15)23)17-8-14(10-26-17)19(24)25/h5-10H,4H2,1-3H3,(H,24,25). The Hall–Kier alpha value is -3.35. The summed E-state index contributed by atoms with van der Waals surface area (Å²) in [6, 6.07) is 5.33. The number of hydrogen-bond donors (Lipinski definition) is 1. The smallest absolute Gasteiger partial charge is 0.338 e. The monoisotopic (exact) mass is 350 g/mol. The predicted octanol–water partition coefficient (Wildman–Crippen LogP) is 3.79. The molecule has 7 heteroatoms. The van der Waals surface area contributed by atoms with E-state index in [0.29, 0.717) is 5.76 Å². The van der Waals surface area contributed by atoms with Gasteiger partial charge in [0.25, 0.3) is 0 Å². The number of aromatic nitrogens is 4. The molecule has 0 atom stereocenters. The van der Waals surface area contributed by atoms with Crippen LogP contribution in [0.5, 0.6) is 0 Å². The minimum atomic E-state index is -1.01. The van der Waals surface area contributed by atoms with Gasteiger partial charge < -0.3 is 9.52 Å². The number of carbonyl (C=O) groups is 1. The van der Waals surface area contributed by atoms with E-state index < -0.39 is 5.97 Å². The van der Waals surface area contributed by atoms with Crippen molar-refractivity contribution in [2.75, 3.05) is 0 Å². The molecule has 0 aliphatic carbocycles. The Bertz CT molecular complexity index is 1130. The average molecular weight is 350 g/mol. The largest absolute Gasteiger partial charge is 0.478 e. The molecule has 0 aliphatic rings. The SMILES string of the molecule is CCn1nc(C)c(-c2cnn3ccc(-c4cc(C(=O)O)co4)cc23)c1C. The fourth-order valence-corrected chi connectivity index (χ4v) is 3.32. The number of aryl methyl sites for hydroxylation is 2. The first-order valence-corrected chi connectivity index (χ1v) is 8.33. The summed E-state index contributed by atoms with van der Waals surface area (Å²) in [6.45, 7) is 6.92. The summed E-state index contributed by atoms with van der Waals surface area (Å²) in [7, 11) is 0. The van der Waals surface area contributed by atoms with Gasteiger partial charge in [-0.05, 0) is 39.0 Å². The summed E-state index contributed by atoms with van der Waals surface area (Å²) in [6.07, 6.45) is 4.92. The highest BCUT2D eigenvalue weighted by Crippen LogP contribution is 2.32. The Morgan fingerprint density at radius 1 is 1.31 bits per heavy atom. The summed E-state index contributed by atoms with van der Waals surface area (Å²) in [5.41, 5.74) is 5.95. The van der Waals surface area contributed by atoms with Crippen molar-refractivity contribution in [1.82, 2.24) is 19.4 Å². The molecule has 0 unspecified atom stereocenters. The third-order valence-electron chi connectivity index (χ3n) is 4.60. The third-order valence-corrected chi connectivity index (χ3v) is 4.60. The Kier molecular flexibility index (Phi) is 3.64. The molecular formula is C19H18N4O3. The van der Waals surface area contributed by atoms with E-state index in [0.717, 1.165) is 40.1 Å². The molecular weight excluding hydrogens is 332 g/mol. The fraction of sp³-hybridized carbons (Fsp3) is 0.211. The fourth-order valence-electron chi connectivity index (χ4n) is 3.32. The van der Waals surface area contributed by atoms with E-state index in [1.807, 2.05) is 36.1 Å². The molecule has 1 N–H and O–H groups in total. The van der Waals surface area contributed by atoms with Crippen LogP contribution in [0.3, 0.4) is 0 Å². The minimum absolute atomic E-state index is 0.129. The predicted molar refractivity (Wildman–Crippen MR) is 96.2 cm³/mol. The molecule has 0 fully saturated rings. The molecule has 0 aliphatic heterocycles. The Morgan fingerprint density at radius 3 is 2.77 bits per heavy atom. The number of rotatable bonds is 4. The van der Waals surface area contributed by atoms with Gasteiger partial charge in [0.05, 0.1) is 23.0 Å². The van der Waals surface area contributed by atoms with Crippen LogP contribution in [0.25, 0.3) is 28.0 Å². The van der Waals surface area contributed by atoms with Gasteiger partial charge in [0, 0.05) is 35.1 Å². The molecule has 0 saturated carbocycles. The van der Waals surface area contributed by atoms with E-state index in [1.165, 1.54) is 12.3 Å². The number of carboxylic acids is 1. The third kappa shape index (κ3) is 2.40. The second-order valence-corrected chi connectivity index (χ2v) is 6.17. The van der Waals surface area contributed by atoms with Crippen LogP contribution in [-0.2, 0) is 6.54 Å². The highest BCUT2D eigenvalue weighted by Gasteiger charge is 2.18. The molecule has 4 aromatic rings. The van der Waals surface area contributed by atoms with E-state index in [1.54, 1.807) is 4.52 Å². The molecule has 4 heterocycles. The van der Waals surface area contributed by atoms with Gasteiger partial charge in [-0.2, -0.15) is 10.2 Å². The lowest BCUT2D eigenvalue weighted by Crippen LogP contribution is -1.98. The minimum Gasteiger partial charge on any atom is -0.478 e. The van der Waals surface area contributed by atoms with Gasteiger partial charge in [0.15, 0.2) is 0 Å². The molecule has 7 nitrogen and oxygen atoms in total. The van der Waals surface area contributed by atoms with E-state index in [9.17, 15) is 4.79 Å². The molecule has 0 spiro atoms. The summed E-state index contributed by atoms with van der Waals surface area (Å²) in [5, 5.41) is 18.1. The van der Waals surface area contributed by atoms with Crippen LogP contribution in [0.4, 0.5) is 0 Å². The number of hydrogen-bond acceptors (Lipinski definition) is 4. The van der Waals surface area contributed by atoms with Gasteiger partial charge in [0.2, 0.25) is 0 Å². The van der Waals surface area contributed by atoms with Crippen LogP contribution in [0.15, 0.2) is 41.3 Å². The number of furan rings is 1. The van der Waals surface area contributed by atoms with E-state index in [2.05, 4.69) is 24.0 Å². The summed E-state index contributed by atoms with van der Waals surface area (Å²) < 4.78 is 9.19. The van der Waals surface area contributed by atoms with Gasteiger partial charge in [-0.15, -0.1) is 0 Å². The number of nitrogens with zero attached hydrogens (tertiary/aromatic N) is 4. The summed E-state index contributed by atoms with van der Waals surface area (Å²) >= 11 is 0. The first-order valence-electron chi connectivity index (χ1n) is 8.33. The summed E-state index contributed by atoms with van der Waals surface area (Å²) in [5.74, 6) is -0.501. The molecule has 4 aromatic heterocycles. The first-order chi connectivity index (χ1) is 12.5. The number of fused-ring (bicyclic) bond motifs is 1. The van der Waals surface area contributed by atoms with Crippen LogP contribution in [0.1, 0.15) is 28.7 Å². The van der Waals surface area contributed by atoms with Crippen LogP contribution in [0.2, 0.25) is 0 Å². The lowest BCUT2D eigenvalue weighted by Gasteiger charge is -2.03. The van der Waals surface area contributed by atoms with Crippen molar-refractivity contribution < 1.29 is 14.3 Å². The second kappa shape index (κ2) is 5.87. The maximum absolute atomic E-state index is 11.1. The lowest BCUT2D eigenvalue weighted by atomic mass is 10.0. The van der Waals surface area contributed by atoms with Crippen LogP contribution < -0.4 is 0 Å². The lowest BCUT2D eigenvalue weighted by molar-refractivity contribution is 0.0696. The van der Waals surface area contributed by atoms with E-state index in [4.69, 9.17) is 9.52 Å². The highest BCUT2D eigenvalue weighted by atomic mass is 16.4. The maximum Gasteiger partial charge on any atom is 0.338 e. The molecule has 0 bridgehead atoms. The first kappa shape index (κ1) is 16.1. The average Bonchev–Trinajstić information content (AvgIpc) is 3.32. The number of carboxylic acid groups (broad SMARTS) is 1.